The van der Waals surface area contributed by atoms with Crippen LogP contribution in [-0.2, 0) is 9.84 Å². The van der Waals surface area contributed by atoms with Gasteiger partial charge in [0.15, 0.2) is 9.84 Å². The number of hydrogen-bond acceptors (Lipinski definition) is 5. The van der Waals surface area contributed by atoms with Crippen LogP contribution in [0.2, 0.25) is 0 Å². The third-order valence-corrected chi connectivity index (χ3v) is 4.97. The zero-order chi connectivity index (χ0) is 14.0. The average molecular weight is 283 g/mol. The highest BCUT2D eigenvalue weighted by Crippen LogP contribution is 2.14. The highest BCUT2D eigenvalue weighted by atomic mass is 32.2. The Morgan fingerprint density at radius 3 is 2.95 bits per heavy atom. The molecule has 6 nitrogen and oxygen atoms in total. The van der Waals surface area contributed by atoms with Crippen molar-refractivity contribution in [2.24, 2.45) is 0 Å². The topological polar surface area (TPSA) is 102 Å². The van der Waals surface area contributed by atoms with Crippen molar-refractivity contribution in [1.82, 2.24) is 10.3 Å². The zero-order valence-electron chi connectivity index (χ0n) is 10.7. The fraction of sp³-hybridized carbons (Fsp3) is 0.500. The molecule has 104 valence electrons. The van der Waals surface area contributed by atoms with E-state index in [1.165, 1.54) is 6.20 Å². The van der Waals surface area contributed by atoms with Crippen molar-refractivity contribution in [3.05, 3.63) is 23.5 Å². The highest BCUT2D eigenvalue weighted by molar-refractivity contribution is 7.91. The number of pyridine rings is 1. The number of aromatic nitrogens is 1. The van der Waals surface area contributed by atoms with E-state index >= 15 is 0 Å². The van der Waals surface area contributed by atoms with Gasteiger partial charge in [0.25, 0.3) is 5.91 Å². The summed E-state index contributed by atoms with van der Waals surface area (Å²) in [5.41, 5.74) is 6.98. The largest absolute Gasteiger partial charge is 0.397 e. The third-order valence-electron chi connectivity index (χ3n) is 3.15. The second-order valence-corrected chi connectivity index (χ2v) is 7.06. The molecular formula is C12H17N3O3S. The molecule has 2 rings (SSSR count). The van der Waals surface area contributed by atoms with E-state index in [9.17, 15) is 13.2 Å². The summed E-state index contributed by atoms with van der Waals surface area (Å²) in [7, 11) is -3.03. The standard InChI is InChI=1S/C12H17N3O3S/c1-8-11(5-9(13)6-14-8)12(16)15-10-3-2-4-19(17,18)7-10/h5-6,10H,2-4,7,13H2,1H3,(H,15,16). The van der Waals surface area contributed by atoms with E-state index in [1.54, 1.807) is 13.0 Å². The van der Waals surface area contributed by atoms with Crippen LogP contribution in [0.5, 0.6) is 0 Å². The van der Waals surface area contributed by atoms with Gasteiger partial charge in [0.2, 0.25) is 0 Å². The highest BCUT2D eigenvalue weighted by Gasteiger charge is 2.26. The average Bonchev–Trinajstić information content (AvgIpc) is 2.31. The maximum Gasteiger partial charge on any atom is 0.253 e. The predicted octanol–water partition coefficient (Wildman–Crippen LogP) is 0.279. The number of rotatable bonds is 2. The molecule has 0 aromatic carbocycles. The fourth-order valence-corrected chi connectivity index (χ4v) is 3.82. The van der Waals surface area contributed by atoms with E-state index < -0.39 is 9.84 Å². The lowest BCUT2D eigenvalue weighted by molar-refractivity contribution is 0.0937. The lowest BCUT2D eigenvalue weighted by atomic mass is 10.1. The molecule has 2 heterocycles. The number of amides is 1. The van der Waals surface area contributed by atoms with Crippen molar-refractivity contribution < 1.29 is 13.2 Å². The molecule has 1 saturated heterocycles. The molecule has 0 aliphatic carbocycles. The van der Waals surface area contributed by atoms with Gasteiger partial charge in [-0.15, -0.1) is 0 Å². The van der Waals surface area contributed by atoms with Crippen LogP contribution < -0.4 is 11.1 Å². The van der Waals surface area contributed by atoms with Crippen LogP contribution in [0, 0.1) is 6.92 Å². The summed E-state index contributed by atoms with van der Waals surface area (Å²) in [6, 6.07) is 1.22. The van der Waals surface area contributed by atoms with E-state index in [0.29, 0.717) is 29.8 Å². The number of nitrogen functional groups attached to an aromatic ring is 1. The Kier molecular flexibility index (Phi) is 3.75. The number of nitrogens with one attached hydrogen (secondary N) is 1. The number of aryl methyl sites for hydroxylation is 1. The van der Waals surface area contributed by atoms with Gasteiger partial charge in [-0.05, 0) is 25.8 Å². The van der Waals surface area contributed by atoms with Crippen LogP contribution in [0.4, 0.5) is 5.69 Å². The number of nitrogens with two attached hydrogens (primary N) is 1. The zero-order valence-corrected chi connectivity index (χ0v) is 11.5. The molecule has 1 aliphatic heterocycles. The Hall–Kier alpha value is -1.63. The smallest absolute Gasteiger partial charge is 0.253 e. The number of carbonyl (C=O) groups excluding carboxylic acids is 1. The minimum Gasteiger partial charge on any atom is -0.397 e. The van der Waals surface area contributed by atoms with Crippen LogP contribution in [0.15, 0.2) is 12.3 Å². The predicted molar refractivity (Wildman–Crippen MR) is 72.5 cm³/mol. The summed E-state index contributed by atoms with van der Waals surface area (Å²) in [4.78, 5) is 16.1. The Morgan fingerprint density at radius 1 is 1.53 bits per heavy atom. The van der Waals surface area contributed by atoms with Gasteiger partial charge in [-0.3, -0.25) is 9.78 Å². The Morgan fingerprint density at radius 2 is 2.26 bits per heavy atom. The number of hydrogen-bond donors (Lipinski definition) is 2. The van der Waals surface area contributed by atoms with Gasteiger partial charge in [0.05, 0.1) is 34.6 Å². The first-order valence-electron chi connectivity index (χ1n) is 6.11. The van der Waals surface area contributed by atoms with E-state index in [4.69, 9.17) is 5.73 Å². The molecule has 0 saturated carbocycles. The molecule has 1 amide bonds. The monoisotopic (exact) mass is 283 g/mol. The molecule has 1 fully saturated rings. The third kappa shape index (κ3) is 3.44. The summed E-state index contributed by atoms with van der Waals surface area (Å²) in [6.45, 7) is 1.71. The maximum atomic E-state index is 12.1. The van der Waals surface area contributed by atoms with Crippen molar-refractivity contribution in [2.75, 3.05) is 17.2 Å². The molecule has 7 heteroatoms. The Balaban J connectivity index is 2.11. The quantitative estimate of drug-likeness (QED) is 0.811. The van der Waals surface area contributed by atoms with Crippen molar-refractivity contribution in [3.8, 4) is 0 Å². The van der Waals surface area contributed by atoms with E-state index in [1.807, 2.05) is 0 Å². The van der Waals surface area contributed by atoms with Crippen molar-refractivity contribution in [2.45, 2.75) is 25.8 Å². The first kappa shape index (κ1) is 13.8. The van der Waals surface area contributed by atoms with Gasteiger partial charge in [0, 0.05) is 6.04 Å². The number of carbonyl (C=O) groups is 1. The van der Waals surface area contributed by atoms with Crippen LogP contribution in [0.25, 0.3) is 0 Å². The summed E-state index contributed by atoms with van der Waals surface area (Å²) in [5.74, 6) is -0.106. The van der Waals surface area contributed by atoms with Crippen molar-refractivity contribution in [3.63, 3.8) is 0 Å². The molecule has 1 atom stereocenters. The second kappa shape index (κ2) is 5.16. The van der Waals surface area contributed by atoms with E-state index in [0.717, 1.165) is 0 Å². The lowest BCUT2D eigenvalue weighted by Gasteiger charge is -2.23. The van der Waals surface area contributed by atoms with Gasteiger partial charge in [0.1, 0.15) is 0 Å². The van der Waals surface area contributed by atoms with Gasteiger partial charge < -0.3 is 11.1 Å². The lowest BCUT2D eigenvalue weighted by Crippen LogP contribution is -2.43. The van der Waals surface area contributed by atoms with Crippen molar-refractivity contribution >= 4 is 21.4 Å². The first-order valence-corrected chi connectivity index (χ1v) is 7.93. The molecule has 0 radical (unpaired) electrons. The van der Waals surface area contributed by atoms with Gasteiger partial charge in [-0.1, -0.05) is 0 Å². The Bertz CT molecular complexity index is 598. The molecule has 1 aromatic heterocycles. The van der Waals surface area contributed by atoms with Crippen LogP contribution in [-0.4, -0.2) is 36.9 Å². The SMILES string of the molecule is Cc1ncc(N)cc1C(=O)NC1CCCS(=O)(=O)C1. The van der Waals surface area contributed by atoms with Gasteiger partial charge in [-0.2, -0.15) is 0 Å². The maximum absolute atomic E-state index is 12.1. The number of nitrogens with zero attached hydrogens (tertiary/aromatic N) is 1. The minimum atomic E-state index is -3.03. The summed E-state index contributed by atoms with van der Waals surface area (Å²) >= 11 is 0. The normalized spacial score (nSPS) is 21.8. The Labute approximate surface area is 112 Å². The summed E-state index contributed by atoms with van der Waals surface area (Å²) in [5, 5.41) is 2.75. The minimum absolute atomic E-state index is 0.00747. The first-order chi connectivity index (χ1) is 8.87. The summed E-state index contributed by atoms with van der Waals surface area (Å²) in [6.07, 6.45) is 2.75. The van der Waals surface area contributed by atoms with Crippen LogP contribution in [0.3, 0.4) is 0 Å². The molecule has 1 aliphatic rings. The number of sulfone groups is 1. The van der Waals surface area contributed by atoms with Gasteiger partial charge >= 0.3 is 0 Å². The molecule has 1 aromatic rings. The van der Waals surface area contributed by atoms with E-state index in [-0.39, 0.29) is 23.5 Å². The molecule has 3 N–H and O–H groups in total. The van der Waals surface area contributed by atoms with Gasteiger partial charge in [-0.25, -0.2) is 8.42 Å². The molecule has 0 spiro atoms. The molecule has 1 unspecified atom stereocenters. The van der Waals surface area contributed by atoms with E-state index in [2.05, 4.69) is 10.3 Å². The number of anilines is 1. The molecule has 0 bridgehead atoms. The summed E-state index contributed by atoms with van der Waals surface area (Å²) < 4.78 is 23.0. The van der Waals surface area contributed by atoms with Crippen LogP contribution in [0.1, 0.15) is 28.9 Å². The van der Waals surface area contributed by atoms with Crippen molar-refractivity contribution in [1.29, 1.82) is 0 Å². The fourth-order valence-electron chi connectivity index (χ4n) is 2.18. The molecule has 19 heavy (non-hydrogen) atoms. The second-order valence-electron chi connectivity index (χ2n) is 4.83. The van der Waals surface area contributed by atoms with Crippen LogP contribution >= 0.6 is 0 Å². The molecular weight excluding hydrogens is 266 g/mol.